The van der Waals surface area contributed by atoms with E-state index in [1.807, 2.05) is 19.1 Å². The lowest BCUT2D eigenvalue weighted by atomic mass is 10.3. The molecule has 0 radical (unpaired) electrons. The van der Waals surface area contributed by atoms with Crippen LogP contribution in [0, 0.1) is 0 Å². The average molecular weight is 395 g/mol. The Morgan fingerprint density at radius 1 is 1.52 bits per heavy atom. The Kier molecular flexibility index (Phi) is 6.29. The molecule has 2 aromatic rings. The first-order chi connectivity index (χ1) is 11.1. The molecular weight excluding hydrogens is 376 g/mol. The highest BCUT2D eigenvalue weighted by atomic mass is 79.9. The minimum atomic E-state index is 0.381. The third kappa shape index (κ3) is 4.39. The van der Waals surface area contributed by atoms with E-state index in [9.17, 15) is 0 Å². The molecular formula is C16H19BrN4OS. The van der Waals surface area contributed by atoms with E-state index in [0.717, 1.165) is 32.1 Å². The van der Waals surface area contributed by atoms with Crippen molar-refractivity contribution in [2.45, 2.75) is 25.2 Å². The molecule has 0 unspecified atom stereocenters. The molecule has 0 saturated carbocycles. The van der Waals surface area contributed by atoms with Gasteiger partial charge in [-0.25, -0.2) is 0 Å². The van der Waals surface area contributed by atoms with Crippen molar-refractivity contribution in [3.8, 4) is 0 Å². The third-order valence-electron chi connectivity index (χ3n) is 3.01. The molecule has 0 bridgehead atoms. The number of hydrogen-bond acceptors (Lipinski definition) is 4. The van der Waals surface area contributed by atoms with Crippen LogP contribution in [0.5, 0.6) is 0 Å². The highest BCUT2D eigenvalue weighted by Gasteiger charge is 2.10. The summed E-state index contributed by atoms with van der Waals surface area (Å²) in [5.41, 5.74) is 7.10. The minimum absolute atomic E-state index is 0.381. The van der Waals surface area contributed by atoms with E-state index in [0.29, 0.717) is 17.7 Å². The first-order valence-electron chi connectivity index (χ1n) is 7.21. The lowest BCUT2D eigenvalue weighted by Gasteiger charge is -2.05. The van der Waals surface area contributed by atoms with E-state index in [2.05, 4.69) is 44.4 Å². The molecule has 7 heteroatoms. The molecule has 0 amide bonds. The van der Waals surface area contributed by atoms with E-state index in [1.165, 1.54) is 11.8 Å². The van der Waals surface area contributed by atoms with Crippen molar-refractivity contribution in [1.82, 2.24) is 9.97 Å². The Morgan fingerprint density at radius 2 is 2.30 bits per heavy atom. The molecule has 0 aliphatic rings. The summed E-state index contributed by atoms with van der Waals surface area (Å²) in [7, 11) is 0. The SMILES string of the molecule is C=c1[nH]c(CC)c(Br)/c1=C(/N=C(N)Sc1cccnc1)OCC. The number of aromatic nitrogens is 2. The van der Waals surface area contributed by atoms with Gasteiger partial charge in [-0.05, 0) is 41.4 Å². The van der Waals surface area contributed by atoms with Gasteiger partial charge in [-0.15, -0.1) is 0 Å². The summed E-state index contributed by atoms with van der Waals surface area (Å²) in [5, 5.41) is 1.94. The maximum absolute atomic E-state index is 6.05. The number of rotatable bonds is 5. The van der Waals surface area contributed by atoms with Crippen LogP contribution >= 0.6 is 27.7 Å². The molecule has 0 saturated heterocycles. The van der Waals surface area contributed by atoms with Crippen molar-refractivity contribution in [3.05, 3.63) is 45.3 Å². The normalized spacial score (nSPS) is 13.1. The molecule has 5 nitrogen and oxygen atoms in total. The second-order valence-electron chi connectivity index (χ2n) is 4.60. The molecule has 122 valence electrons. The van der Waals surface area contributed by atoms with Gasteiger partial charge in [0.2, 0.25) is 5.88 Å². The topological polar surface area (TPSA) is 76.3 Å². The number of amidine groups is 1. The van der Waals surface area contributed by atoms with Gasteiger partial charge < -0.3 is 15.5 Å². The quantitative estimate of drug-likeness (QED) is 0.463. The Hall–Kier alpha value is -1.73. The van der Waals surface area contributed by atoms with Crippen LogP contribution in [0.3, 0.4) is 0 Å². The van der Waals surface area contributed by atoms with Crippen molar-refractivity contribution < 1.29 is 4.74 Å². The standard InChI is InChI=1S/C16H19BrN4OS/c1-4-12-14(17)13(10(3)20-12)15(22-5-2)21-16(18)23-11-7-6-8-19-9-11/h6-9,20H,3-5H2,1-2H3,(H2,18,21)/b15-13-. The van der Waals surface area contributed by atoms with Crippen molar-refractivity contribution in [2.24, 2.45) is 10.7 Å². The van der Waals surface area contributed by atoms with Gasteiger partial charge in [-0.1, -0.05) is 25.3 Å². The van der Waals surface area contributed by atoms with Gasteiger partial charge in [0.1, 0.15) is 0 Å². The Morgan fingerprint density at radius 3 is 2.87 bits per heavy atom. The molecule has 2 rings (SSSR count). The third-order valence-corrected chi connectivity index (χ3v) is 4.66. The largest absolute Gasteiger partial charge is 0.477 e. The summed E-state index contributed by atoms with van der Waals surface area (Å²) in [6.07, 6.45) is 4.31. The minimum Gasteiger partial charge on any atom is -0.477 e. The highest BCUT2D eigenvalue weighted by molar-refractivity contribution is 9.10. The smallest absolute Gasteiger partial charge is 0.226 e. The zero-order valence-corrected chi connectivity index (χ0v) is 15.5. The molecule has 0 spiro atoms. The first kappa shape index (κ1) is 17.6. The number of aliphatic imine (C=N–C) groups is 1. The van der Waals surface area contributed by atoms with Gasteiger partial charge in [0.15, 0.2) is 5.17 Å². The van der Waals surface area contributed by atoms with E-state index < -0.39 is 0 Å². The summed E-state index contributed by atoms with van der Waals surface area (Å²) in [5.74, 6) is 0.453. The molecule has 2 heterocycles. The van der Waals surface area contributed by atoms with Gasteiger partial charge in [-0.3, -0.25) is 4.98 Å². The fraction of sp³-hybridized carbons (Fsp3) is 0.250. The van der Waals surface area contributed by atoms with Crippen molar-refractivity contribution >= 4 is 45.3 Å². The van der Waals surface area contributed by atoms with Gasteiger partial charge in [0.05, 0.1) is 16.3 Å². The fourth-order valence-corrected chi connectivity index (χ4v) is 3.42. The van der Waals surface area contributed by atoms with Crippen LogP contribution in [-0.4, -0.2) is 21.7 Å². The predicted molar refractivity (Wildman–Crippen MR) is 99.4 cm³/mol. The second-order valence-corrected chi connectivity index (χ2v) is 6.49. The summed E-state index contributed by atoms with van der Waals surface area (Å²) >= 11 is 4.93. The Labute approximate surface area is 147 Å². The van der Waals surface area contributed by atoms with E-state index >= 15 is 0 Å². The first-order valence-corrected chi connectivity index (χ1v) is 8.82. The zero-order valence-electron chi connectivity index (χ0n) is 13.1. The van der Waals surface area contributed by atoms with Crippen LogP contribution < -0.4 is 16.3 Å². The van der Waals surface area contributed by atoms with Crippen LogP contribution in [0.1, 0.15) is 19.5 Å². The lowest BCUT2D eigenvalue weighted by molar-refractivity contribution is 0.287. The van der Waals surface area contributed by atoms with Gasteiger partial charge in [0, 0.05) is 28.3 Å². The molecule has 3 N–H and O–H groups in total. The fourth-order valence-electron chi connectivity index (χ4n) is 2.00. The maximum Gasteiger partial charge on any atom is 0.226 e. The van der Waals surface area contributed by atoms with E-state index in [-0.39, 0.29) is 0 Å². The van der Waals surface area contributed by atoms with Gasteiger partial charge in [-0.2, -0.15) is 4.99 Å². The summed E-state index contributed by atoms with van der Waals surface area (Å²) in [6.45, 7) is 8.49. The number of nitrogens with one attached hydrogen (secondary N) is 1. The molecule has 0 atom stereocenters. The zero-order chi connectivity index (χ0) is 16.8. The maximum atomic E-state index is 6.05. The number of aromatic amines is 1. The second kappa shape index (κ2) is 8.21. The van der Waals surface area contributed by atoms with Gasteiger partial charge >= 0.3 is 0 Å². The van der Waals surface area contributed by atoms with Crippen LogP contribution in [0.15, 0.2) is 38.9 Å². The monoisotopic (exact) mass is 394 g/mol. The van der Waals surface area contributed by atoms with Crippen LogP contribution in [0.25, 0.3) is 12.5 Å². The number of H-pyrrole nitrogens is 1. The molecule has 0 aromatic carbocycles. The lowest BCUT2D eigenvalue weighted by Crippen LogP contribution is -2.25. The van der Waals surface area contributed by atoms with Crippen LogP contribution in [0.4, 0.5) is 0 Å². The number of ether oxygens (including phenoxy) is 1. The molecule has 0 aliphatic carbocycles. The van der Waals surface area contributed by atoms with E-state index in [1.54, 1.807) is 12.4 Å². The molecule has 2 aromatic heterocycles. The molecule has 0 fully saturated rings. The average Bonchev–Trinajstić information content (AvgIpc) is 2.82. The predicted octanol–water partition coefficient (Wildman–Crippen LogP) is 2.35. The van der Waals surface area contributed by atoms with E-state index in [4.69, 9.17) is 10.5 Å². The number of pyridine rings is 1. The van der Waals surface area contributed by atoms with Gasteiger partial charge in [0.25, 0.3) is 0 Å². The number of thioether (sulfide) groups is 1. The molecule has 23 heavy (non-hydrogen) atoms. The van der Waals surface area contributed by atoms with Crippen molar-refractivity contribution in [2.75, 3.05) is 6.61 Å². The summed E-state index contributed by atoms with van der Waals surface area (Å²) < 4.78 is 6.60. The number of hydrogen-bond donors (Lipinski definition) is 2. The van der Waals surface area contributed by atoms with Crippen LogP contribution in [0.2, 0.25) is 0 Å². The Balaban J connectivity index is 2.47. The number of nitrogens with two attached hydrogens (primary N) is 1. The summed E-state index contributed by atoms with van der Waals surface area (Å²) in [4.78, 5) is 12.7. The highest BCUT2D eigenvalue weighted by Crippen LogP contribution is 2.17. The molecule has 0 aliphatic heterocycles. The number of halogens is 1. The summed E-state index contributed by atoms with van der Waals surface area (Å²) in [6, 6.07) is 3.78. The van der Waals surface area contributed by atoms with Crippen molar-refractivity contribution in [3.63, 3.8) is 0 Å². The number of aryl methyl sites for hydroxylation is 1. The Bertz CT molecular complexity index is 801. The van der Waals surface area contributed by atoms with Crippen LogP contribution in [-0.2, 0) is 11.2 Å². The number of nitrogens with zero attached hydrogens (tertiary/aromatic N) is 2. The van der Waals surface area contributed by atoms with Crippen molar-refractivity contribution in [1.29, 1.82) is 0 Å².